The molecule has 2 aromatic heterocycles. The molecule has 0 saturated heterocycles. The zero-order valence-corrected chi connectivity index (χ0v) is 20.1. The minimum absolute atomic E-state index is 0.518. The lowest BCUT2D eigenvalue weighted by molar-refractivity contribution is 0.562. The van der Waals surface area contributed by atoms with Crippen molar-refractivity contribution in [2.45, 2.75) is 39.7 Å². The van der Waals surface area contributed by atoms with Gasteiger partial charge < -0.3 is 0 Å². The molecule has 0 saturated carbocycles. The Bertz CT molecular complexity index is 1350. The van der Waals surface area contributed by atoms with Crippen molar-refractivity contribution in [2.24, 2.45) is 5.92 Å². The number of hydrogen-bond donors (Lipinski definition) is 1. The molecule has 0 amide bonds. The normalized spacial score (nSPS) is 11.3. The van der Waals surface area contributed by atoms with Crippen LogP contribution < -0.4 is 0 Å². The maximum absolute atomic E-state index is 4.90. The van der Waals surface area contributed by atoms with Crippen LogP contribution in [-0.4, -0.2) is 35.4 Å². The predicted molar refractivity (Wildman–Crippen MR) is 137 cm³/mol. The van der Waals surface area contributed by atoms with Crippen LogP contribution in [0.2, 0.25) is 0 Å². The maximum Gasteiger partial charge on any atom is 0.180 e. The number of nitrogens with one attached hydrogen (secondary N) is 1. The highest BCUT2D eigenvalue weighted by molar-refractivity contribution is 5.80. The van der Waals surface area contributed by atoms with Gasteiger partial charge in [-0.1, -0.05) is 92.7 Å². The molecule has 0 atom stereocenters. The van der Waals surface area contributed by atoms with Crippen LogP contribution in [0.3, 0.4) is 0 Å². The SMILES string of the molecule is CC(C)Cc1nc(CCc2ccccc2)nn1Cc1ccc(-c2ccccc2-c2nnn[nH]2)cc1. The van der Waals surface area contributed by atoms with E-state index >= 15 is 0 Å². The molecule has 5 aromatic rings. The second-order valence-electron chi connectivity index (χ2n) is 9.18. The Morgan fingerprint density at radius 1 is 0.800 bits per heavy atom. The van der Waals surface area contributed by atoms with Gasteiger partial charge >= 0.3 is 0 Å². The number of hydrogen-bond acceptors (Lipinski definition) is 5. The van der Waals surface area contributed by atoms with E-state index in [1.807, 2.05) is 24.3 Å². The summed E-state index contributed by atoms with van der Waals surface area (Å²) in [6, 6.07) is 27.3. The maximum atomic E-state index is 4.90. The summed E-state index contributed by atoms with van der Waals surface area (Å²) in [7, 11) is 0. The Morgan fingerprint density at radius 2 is 1.54 bits per heavy atom. The fourth-order valence-electron chi connectivity index (χ4n) is 4.25. The Kier molecular flexibility index (Phi) is 6.75. The highest BCUT2D eigenvalue weighted by Crippen LogP contribution is 2.29. The molecule has 2 heterocycles. The Hall–Kier alpha value is -4.13. The highest BCUT2D eigenvalue weighted by Gasteiger charge is 2.13. The van der Waals surface area contributed by atoms with E-state index in [4.69, 9.17) is 10.1 Å². The minimum atomic E-state index is 0.518. The minimum Gasteiger partial charge on any atom is -0.245 e. The Balaban J connectivity index is 1.35. The molecule has 5 rings (SSSR count). The summed E-state index contributed by atoms with van der Waals surface area (Å²) in [4.78, 5) is 4.90. The smallest absolute Gasteiger partial charge is 0.180 e. The van der Waals surface area contributed by atoms with Crippen molar-refractivity contribution >= 4 is 0 Å². The van der Waals surface area contributed by atoms with Gasteiger partial charge in [-0.05, 0) is 45.0 Å². The lowest BCUT2D eigenvalue weighted by atomic mass is 9.98. The first-order valence-corrected chi connectivity index (χ1v) is 12.0. The number of nitrogens with zero attached hydrogens (tertiary/aromatic N) is 6. The quantitative estimate of drug-likeness (QED) is 0.326. The third kappa shape index (κ3) is 5.51. The molecule has 7 heteroatoms. The van der Waals surface area contributed by atoms with Crippen molar-refractivity contribution in [1.82, 2.24) is 35.4 Å². The van der Waals surface area contributed by atoms with Crippen LogP contribution in [0.25, 0.3) is 22.5 Å². The molecule has 0 aliphatic carbocycles. The Morgan fingerprint density at radius 3 is 2.26 bits per heavy atom. The van der Waals surface area contributed by atoms with Gasteiger partial charge in [0.05, 0.1) is 6.54 Å². The number of aromatic amines is 1. The van der Waals surface area contributed by atoms with E-state index in [0.717, 1.165) is 47.6 Å². The number of rotatable bonds is 9. The van der Waals surface area contributed by atoms with E-state index in [-0.39, 0.29) is 0 Å². The second-order valence-corrected chi connectivity index (χ2v) is 9.18. The van der Waals surface area contributed by atoms with Crippen LogP contribution in [0.1, 0.15) is 36.6 Å². The monoisotopic (exact) mass is 463 g/mol. The summed E-state index contributed by atoms with van der Waals surface area (Å²) in [5.74, 6) is 3.14. The molecule has 176 valence electrons. The van der Waals surface area contributed by atoms with Crippen LogP contribution in [0.5, 0.6) is 0 Å². The van der Waals surface area contributed by atoms with Crippen LogP contribution in [0, 0.1) is 5.92 Å². The summed E-state index contributed by atoms with van der Waals surface area (Å²) in [6.07, 6.45) is 2.70. The van der Waals surface area contributed by atoms with E-state index in [2.05, 4.69) is 93.8 Å². The first kappa shape index (κ1) is 22.7. The summed E-state index contributed by atoms with van der Waals surface area (Å²) < 4.78 is 2.07. The van der Waals surface area contributed by atoms with E-state index < -0.39 is 0 Å². The van der Waals surface area contributed by atoms with Gasteiger partial charge in [0.15, 0.2) is 11.6 Å². The first-order valence-electron chi connectivity index (χ1n) is 12.0. The first-order chi connectivity index (χ1) is 17.2. The van der Waals surface area contributed by atoms with Gasteiger partial charge in [-0.25, -0.2) is 14.8 Å². The van der Waals surface area contributed by atoms with Crippen molar-refractivity contribution in [3.05, 3.63) is 102 Å². The van der Waals surface area contributed by atoms with Crippen LogP contribution in [0.4, 0.5) is 0 Å². The van der Waals surface area contributed by atoms with Crippen molar-refractivity contribution in [1.29, 1.82) is 0 Å². The van der Waals surface area contributed by atoms with Crippen molar-refractivity contribution in [3.8, 4) is 22.5 Å². The van der Waals surface area contributed by atoms with Gasteiger partial charge in [0.1, 0.15) is 5.82 Å². The highest BCUT2D eigenvalue weighted by atomic mass is 15.5. The van der Waals surface area contributed by atoms with Gasteiger partial charge in [0, 0.05) is 18.4 Å². The third-order valence-corrected chi connectivity index (χ3v) is 5.99. The largest absolute Gasteiger partial charge is 0.245 e. The summed E-state index contributed by atoms with van der Waals surface area (Å²) >= 11 is 0. The lowest BCUT2D eigenvalue weighted by Crippen LogP contribution is -2.09. The molecular formula is C28H29N7. The fraction of sp³-hybridized carbons (Fsp3) is 0.250. The van der Waals surface area contributed by atoms with Gasteiger partial charge in [-0.2, -0.15) is 5.10 Å². The second kappa shape index (κ2) is 10.4. The van der Waals surface area contributed by atoms with Gasteiger partial charge in [-0.3, -0.25) is 0 Å². The molecule has 3 aromatic carbocycles. The van der Waals surface area contributed by atoms with Crippen LogP contribution >= 0.6 is 0 Å². The molecular weight excluding hydrogens is 434 g/mol. The molecule has 7 nitrogen and oxygen atoms in total. The summed E-state index contributed by atoms with van der Waals surface area (Å²) in [6.45, 7) is 5.15. The number of H-pyrrole nitrogens is 1. The van der Waals surface area contributed by atoms with Gasteiger partial charge in [-0.15, -0.1) is 5.10 Å². The molecule has 0 spiro atoms. The van der Waals surface area contributed by atoms with Gasteiger partial charge in [0.25, 0.3) is 0 Å². The summed E-state index contributed by atoms with van der Waals surface area (Å²) in [5.41, 5.74) is 5.68. The topological polar surface area (TPSA) is 85.2 Å². The number of aromatic nitrogens is 7. The van der Waals surface area contributed by atoms with E-state index in [1.165, 1.54) is 11.1 Å². The molecule has 0 aliphatic rings. The number of benzene rings is 3. The van der Waals surface area contributed by atoms with Gasteiger partial charge in [0.2, 0.25) is 0 Å². The molecule has 0 bridgehead atoms. The fourth-order valence-corrected chi connectivity index (χ4v) is 4.25. The molecule has 35 heavy (non-hydrogen) atoms. The zero-order chi connectivity index (χ0) is 24.0. The van der Waals surface area contributed by atoms with Crippen molar-refractivity contribution in [3.63, 3.8) is 0 Å². The van der Waals surface area contributed by atoms with Crippen molar-refractivity contribution in [2.75, 3.05) is 0 Å². The van der Waals surface area contributed by atoms with E-state index in [0.29, 0.717) is 18.3 Å². The zero-order valence-electron chi connectivity index (χ0n) is 20.1. The lowest BCUT2D eigenvalue weighted by Gasteiger charge is -2.10. The van der Waals surface area contributed by atoms with E-state index in [1.54, 1.807) is 0 Å². The average Bonchev–Trinajstić information content (AvgIpc) is 3.54. The molecule has 0 unspecified atom stereocenters. The molecule has 0 radical (unpaired) electrons. The van der Waals surface area contributed by atoms with Crippen LogP contribution in [-0.2, 0) is 25.8 Å². The molecule has 1 N–H and O–H groups in total. The van der Waals surface area contributed by atoms with E-state index in [9.17, 15) is 0 Å². The Labute approximate surface area is 205 Å². The third-order valence-electron chi connectivity index (χ3n) is 5.99. The summed E-state index contributed by atoms with van der Waals surface area (Å²) in [5, 5.41) is 19.3. The molecule has 0 fully saturated rings. The van der Waals surface area contributed by atoms with Crippen LogP contribution in [0.15, 0.2) is 78.9 Å². The standard InChI is InChI=1S/C28H29N7/c1-20(2)18-27-29-26(17-14-21-8-4-3-5-9-21)32-35(27)19-22-12-15-23(16-13-22)24-10-6-7-11-25(24)28-30-33-34-31-28/h3-13,15-16,20H,14,17-19H2,1-2H3,(H,30,31,33,34). The van der Waals surface area contributed by atoms with Crippen molar-refractivity contribution < 1.29 is 0 Å². The predicted octanol–water partition coefficient (Wildman–Crippen LogP) is 5.16. The molecule has 0 aliphatic heterocycles. The average molecular weight is 464 g/mol. The number of aryl methyl sites for hydroxylation is 2. The number of tetrazole rings is 1.